The number of amides is 3. The molecule has 4 heterocycles. The molecule has 10 nitrogen and oxygen atoms in total. The molecule has 2 saturated heterocycles. The molecule has 3 aromatic rings. The van der Waals surface area contributed by atoms with Crippen molar-refractivity contribution >= 4 is 51.9 Å². The summed E-state index contributed by atoms with van der Waals surface area (Å²) in [5.41, 5.74) is 7.50. The van der Waals surface area contributed by atoms with Crippen molar-refractivity contribution in [3.05, 3.63) is 59.1 Å². The van der Waals surface area contributed by atoms with Crippen LogP contribution in [-0.4, -0.2) is 64.6 Å². The second-order valence-electron chi connectivity index (χ2n) is 9.61. The maximum atomic E-state index is 12.0. The number of terminal acetylenes is 1. The lowest BCUT2D eigenvalue weighted by Gasteiger charge is -2.23. The molecule has 0 bridgehead atoms. The van der Waals surface area contributed by atoms with Crippen molar-refractivity contribution in [1.29, 1.82) is 0 Å². The van der Waals surface area contributed by atoms with Crippen molar-refractivity contribution in [3.63, 3.8) is 0 Å². The van der Waals surface area contributed by atoms with Crippen molar-refractivity contribution in [2.24, 2.45) is 10.7 Å². The number of carbonyl (C=O) groups excluding carboxylic acids is 3. The van der Waals surface area contributed by atoms with E-state index in [1.165, 1.54) is 12.3 Å². The van der Waals surface area contributed by atoms with Crippen LogP contribution in [0.4, 0.5) is 5.69 Å². The third-order valence-electron chi connectivity index (χ3n) is 6.56. The first-order valence-electron chi connectivity index (χ1n) is 13.4. The number of nitrogens with one attached hydrogen (secondary N) is 1. The molecule has 11 heteroatoms. The number of guanidine groups is 1. The Hall–Kier alpha value is -4.36. The van der Waals surface area contributed by atoms with Gasteiger partial charge in [-0.2, -0.15) is 0 Å². The highest BCUT2D eigenvalue weighted by Crippen LogP contribution is 2.24. The molecule has 2 fully saturated rings. The number of pyridine rings is 1. The standard InChI is InChI=1S/C16H13ClN4O2.C12H20N2O2.C2H2/c1-9-6-11-7-12(3-4-13(11)23-9)20-16(18)21-15(22)10-2-5-14(17)19-8-10;15-11-6-2-1-3-9-14(11)10-12(16)13-7-4-5-8-13;1-2/h2-8H,1H3,(H3,18,20,21,22);1-10H2;1-2H. The van der Waals surface area contributed by atoms with E-state index in [0.29, 0.717) is 29.4 Å². The van der Waals surface area contributed by atoms with E-state index in [2.05, 4.69) is 28.1 Å². The van der Waals surface area contributed by atoms with E-state index in [1.807, 2.05) is 24.0 Å². The molecule has 0 unspecified atom stereocenters. The second-order valence-corrected chi connectivity index (χ2v) is 10.0. The summed E-state index contributed by atoms with van der Waals surface area (Å²) in [7, 11) is 0. The van der Waals surface area contributed by atoms with Gasteiger partial charge in [0.25, 0.3) is 5.91 Å². The molecule has 2 aliphatic heterocycles. The Morgan fingerprint density at radius 1 is 1.07 bits per heavy atom. The molecule has 2 aromatic heterocycles. The van der Waals surface area contributed by atoms with Gasteiger partial charge in [-0.05, 0) is 69.0 Å². The zero-order chi connectivity index (χ0) is 29.8. The highest BCUT2D eigenvalue weighted by atomic mass is 35.5. The number of aromatic nitrogens is 1. The molecule has 3 N–H and O–H groups in total. The zero-order valence-corrected chi connectivity index (χ0v) is 23.9. The summed E-state index contributed by atoms with van der Waals surface area (Å²) in [6.45, 7) is 4.69. The fraction of sp³-hybridized carbons (Fsp3) is 0.367. The number of carbonyl (C=O) groups is 3. The lowest BCUT2D eigenvalue weighted by molar-refractivity contribution is -0.139. The van der Waals surface area contributed by atoms with Crippen LogP contribution in [-0.2, 0) is 9.59 Å². The first-order valence-corrected chi connectivity index (χ1v) is 13.8. The van der Waals surface area contributed by atoms with Gasteiger partial charge >= 0.3 is 0 Å². The summed E-state index contributed by atoms with van der Waals surface area (Å²) in [6.07, 6.45) is 15.3. The largest absolute Gasteiger partial charge is 0.461 e. The van der Waals surface area contributed by atoms with Crippen LogP contribution < -0.4 is 11.1 Å². The third-order valence-corrected chi connectivity index (χ3v) is 6.78. The van der Waals surface area contributed by atoms with E-state index in [-0.39, 0.29) is 17.8 Å². The van der Waals surface area contributed by atoms with Crippen molar-refractivity contribution in [2.45, 2.75) is 45.4 Å². The van der Waals surface area contributed by atoms with E-state index >= 15 is 0 Å². The van der Waals surface area contributed by atoms with Crippen LogP contribution in [0.2, 0.25) is 5.15 Å². The number of nitrogens with zero attached hydrogens (tertiary/aromatic N) is 4. The quantitative estimate of drug-likeness (QED) is 0.204. The smallest absolute Gasteiger partial charge is 0.259 e. The maximum Gasteiger partial charge on any atom is 0.259 e. The number of nitrogens with two attached hydrogens (primary N) is 1. The first kappa shape index (κ1) is 31.2. The van der Waals surface area contributed by atoms with Crippen LogP contribution in [0.3, 0.4) is 0 Å². The van der Waals surface area contributed by atoms with Crippen LogP contribution in [0, 0.1) is 19.8 Å². The number of rotatable bonds is 4. The molecule has 2 aliphatic rings. The minimum Gasteiger partial charge on any atom is -0.461 e. The predicted molar refractivity (Wildman–Crippen MR) is 160 cm³/mol. The molecule has 0 aliphatic carbocycles. The summed E-state index contributed by atoms with van der Waals surface area (Å²) < 4.78 is 5.49. The molecule has 3 amide bonds. The van der Waals surface area contributed by atoms with Gasteiger partial charge in [-0.25, -0.2) is 9.98 Å². The van der Waals surface area contributed by atoms with Crippen LogP contribution in [0.25, 0.3) is 11.0 Å². The van der Waals surface area contributed by atoms with Crippen molar-refractivity contribution in [1.82, 2.24) is 20.1 Å². The molecule has 0 radical (unpaired) electrons. The molecular weight excluding hydrogens is 544 g/mol. The number of hydrogen-bond donors (Lipinski definition) is 2. The molecular formula is C30H35ClN6O4. The third kappa shape index (κ3) is 9.36. The number of aliphatic imine (C=N–C) groups is 1. The van der Waals surface area contributed by atoms with E-state index in [1.54, 1.807) is 23.1 Å². The Bertz CT molecular complexity index is 1390. The van der Waals surface area contributed by atoms with Crippen molar-refractivity contribution in [2.75, 3.05) is 26.2 Å². The Morgan fingerprint density at radius 3 is 2.51 bits per heavy atom. The van der Waals surface area contributed by atoms with Crippen LogP contribution in [0.1, 0.15) is 54.6 Å². The first-order chi connectivity index (χ1) is 19.8. The summed E-state index contributed by atoms with van der Waals surface area (Å²) in [4.78, 5) is 47.3. The number of benzene rings is 1. The van der Waals surface area contributed by atoms with Gasteiger partial charge in [0.15, 0.2) is 0 Å². The fourth-order valence-corrected chi connectivity index (χ4v) is 4.65. The molecule has 0 spiro atoms. The Balaban J connectivity index is 0.000000225. The Kier molecular flexibility index (Phi) is 11.7. The summed E-state index contributed by atoms with van der Waals surface area (Å²) >= 11 is 5.68. The minimum atomic E-state index is -0.407. The lowest BCUT2D eigenvalue weighted by Crippen LogP contribution is -2.41. The van der Waals surface area contributed by atoms with Crippen molar-refractivity contribution in [3.8, 4) is 12.8 Å². The van der Waals surface area contributed by atoms with Gasteiger partial charge in [0.05, 0.1) is 17.8 Å². The summed E-state index contributed by atoms with van der Waals surface area (Å²) in [6, 6.07) is 10.4. The van der Waals surface area contributed by atoms with Crippen LogP contribution in [0.5, 0.6) is 0 Å². The van der Waals surface area contributed by atoms with Gasteiger partial charge in [0.2, 0.25) is 17.8 Å². The van der Waals surface area contributed by atoms with E-state index in [0.717, 1.165) is 68.5 Å². The number of halogens is 1. The van der Waals surface area contributed by atoms with Gasteiger partial charge in [0, 0.05) is 37.6 Å². The zero-order valence-electron chi connectivity index (χ0n) is 23.1. The van der Waals surface area contributed by atoms with E-state index in [9.17, 15) is 14.4 Å². The second kappa shape index (κ2) is 15.4. The number of hydrogen-bond acceptors (Lipinski definition) is 6. The average molecular weight is 579 g/mol. The SMILES string of the molecule is C#C.Cc1cc2cc(N=C(N)NC(=O)c3ccc(Cl)nc3)ccc2o1.O=C(CN1CCCCCC1=O)N1CCCC1. The predicted octanol–water partition coefficient (Wildman–Crippen LogP) is 4.43. The highest BCUT2D eigenvalue weighted by Gasteiger charge is 2.23. The van der Waals surface area contributed by atoms with E-state index < -0.39 is 5.91 Å². The molecule has 0 atom stereocenters. The number of aryl methyl sites for hydroxylation is 1. The van der Waals surface area contributed by atoms with Crippen LogP contribution in [0.15, 0.2) is 52.0 Å². The Labute approximate surface area is 244 Å². The number of fused-ring (bicyclic) bond motifs is 1. The lowest BCUT2D eigenvalue weighted by atomic mass is 10.2. The molecule has 41 heavy (non-hydrogen) atoms. The topological polar surface area (TPSA) is 134 Å². The minimum absolute atomic E-state index is 0.00971. The molecule has 5 rings (SSSR count). The molecule has 1 aromatic carbocycles. The number of furan rings is 1. The van der Waals surface area contributed by atoms with Gasteiger partial charge in [-0.3, -0.25) is 19.7 Å². The molecule has 216 valence electrons. The van der Waals surface area contributed by atoms with E-state index in [4.69, 9.17) is 21.8 Å². The monoisotopic (exact) mass is 578 g/mol. The Morgan fingerprint density at radius 2 is 1.80 bits per heavy atom. The fourth-order valence-electron chi connectivity index (χ4n) is 4.53. The van der Waals surface area contributed by atoms with Crippen molar-refractivity contribution < 1.29 is 18.8 Å². The van der Waals surface area contributed by atoms with Gasteiger partial charge < -0.3 is 20.0 Å². The van der Waals surface area contributed by atoms with Gasteiger partial charge in [0.1, 0.15) is 16.5 Å². The van der Waals surface area contributed by atoms with Crippen LogP contribution >= 0.6 is 11.6 Å². The highest BCUT2D eigenvalue weighted by molar-refractivity contribution is 6.29. The normalized spacial score (nSPS) is 15.3. The summed E-state index contributed by atoms with van der Waals surface area (Å²) in [5.74, 6) is 0.690. The maximum absolute atomic E-state index is 12.0. The summed E-state index contributed by atoms with van der Waals surface area (Å²) in [5, 5.41) is 3.73. The van der Waals surface area contributed by atoms with Gasteiger partial charge in [-0.1, -0.05) is 18.0 Å². The number of likely N-dealkylation sites (tertiary alicyclic amines) is 2. The average Bonchev–Trinajstić information content (AvgIpc) is 3.58. The molecule has 0 saturated carbocycles. The van der Waals surface area contributed by atoms with Gasteiger partial charge in [-0.15, -0.1) is 12.8 Å².